The molecule has 0 aliphatic carbocycles. The zero-order chi connectivity index (χ0) is 17.1. The fourth-order valence-electron chi connectivity index (χ4n) is 2.76. The summed E-state index contributed by atoms with van der Waals surface area (Å²) in [5.74, 6) is 1.32. The van der Waals surface area contributed by atoms with Crippen LogP contribution < -0.4 is 14.8 Å². The number of carbonyl (C=O) groups is 1. The number of ether oxygens (including phenoxy) is 2. The first-order chi connectivity index (χ1) is 11.5. The molecule has 1 atom stereocenters. The van der Waals surface area contributed by atoms with Crippen LogP contribution in [0.5, 0.6) is 11.5 Å². The van der Waals surface area contributed by atoms with Gasteiger partial charge in [-0.05, 0) is 43.7 Å². The van der Waals surface area contributed by atoms with E-state index in [-0.39, 0.29) is 18.6 Å². The Morgan fingerprint density at radius 3 is 2.92 bits per heavy atom. The van der Waals surface area contributed by atoms with E-state index in [1.165, 1.54) is 0 Å². The van der Waals surface area contributed by atoms with Crippen LogP contribution in [0.2, 0.25) is 5.02 Å². The van der Waals surface area contributed by atoms with Gasteiger partial charge in [-0.2, -0.15) is 0 Å². The molecular formula is C19H20ClNO3. The summed E-state index contributed by atoms with van der Waals surface area (Å²) in [6.45, 7) is 4.49. The van der Waals surface area contributed by atoms with Crippen LogP contribution >= 0.6 is 11.6 Å². The van der Waals surface area contributed by atoms with Crippen molar-refractivity contribution in [2.45, 2.75) is 26.3 Å². The number of fused-ring (bicyclic) bond motifs is 1. The lowest BCUT2D eigenvalue weighted by molar-refractivity contribution is -0.124. The number of nitrogens with one attached hydrogen (secondary N) is 1. The van der Waals surface area contributed by atoms with Crippen LogP contribution in [0.25, 0.3) is 0 Å². The molecule has 126 valence electrons. The van der Waals surface area contributed by atoms with Gasteiger partial charge in [0.25, 0.3) is 5.91 Å². The highest BCUT2D eigenvalue weighted by Crippen LogP contribution is 2.32. The van der Waals surface area contributed by atoms with Crippen molar-refractivity contribution < 1.29 is 14.3 Å². The number of rotatable bonds is 4. The molecule has 2 aromatic rings. The van der Waals surface area contributed by atoms with Gasteiger partial charge in [-0.25, -0.2) is 0 Å². The molecule has 0 bridgehead atoms. The molecule has 0 fully saturated rings. The largest absolute Gasteiger partial charge is 0.493 e. The van der Waals surface area contributed by atoms with Crippen LogP contribution in [0, 0.1) is 13.8 Å². The number of amides is 1. The highest BCUT2D eigenvalue weighted by molar-refractivity contribution is 6.31. The van der Waals surface area contributed by atoms with Crippen molar-refractivity contribution in [3.63, 3.8) is 0 Å². The molecule has 0 spiro atoms. The van der Waals surface area contributed by atoms with Crippen LogP contribution in [-0.4, -0.2) is 19.1 Å². The molecule has 4 nitrogen and oxygen atoms in total. The third kappa shape index (κ3) is 3.82. The van der Waals surface area contributed by atoms with E-state index >= 15 is 0 Å². The second-order valence-corrected chi connectivity index (χ2v) is 6.41. The summed E-state index contributed by atoms with van der Waals surface area (Å²) in [4.78, 5) is 12.2. The van der Waals surface area contributed by atoms with Crippen LogP contribution in [-0.2, 0) is 4.79 Å². The second kappa shape index (κ2) is 7.14. The molecular weight excluding hydrogens is 326 g/mol. The zero-order valence-corrected chi connectivity index (χ0v) is 14.5. The van der Waals surface area contributed by atoms with E-state index in [4.69, 9.17) is 21.1 Å². The molecule has 1 aliphatic rings. The van der Waals surface area contributed by atoms with E-state index in [9.17, 15) is 4.79 Å². The maximum absolute atomic E-state index is 12.2. The summed E-state index contributed by atoms with van der Waals surface area (Å²) in [7, 11) is 0. The van der Waals surface area contributed by atoms with Gasteiger partial charge in [-0.1, -0.05) is 29.3 Å². The summed E-state index contributed by atoms with van der Waals surface area (Å²) in [5.41, 5.74) is 3.09. The van der Waals surface area contributed by atoms with Crippen LogP contribution in [0.15, 0.2) is 36.4 Å². The van der Waals surface area contributed by atoms with Gasteiger partial charge >= 0.3 is 0 Å². The summed E-state index contributed by atoms with van der Waals surface area (Å²) in [6, 6.07) is 11.3. The van der Waals surface area contributed by atoms with Crippen molar-refractivity contribution in [1.82, 2.24) is 5.32 Å². The molecule has 1 aliphatic heterocycles. The Hall–Kier alpha value is -2.20. The molecule has 0 radical (unpaired) electrons. The van der Waals surface area contributed by atoms with Crippen molar-refractivity contribution in [1.29, 1.82) is 0 Å². The highest BCUT2D eigenvalue weighted by atomic mass is 35.5. The summed E-state index contributed by atoms with van der Waals surface area (Å²) in [5, 5.41) is 3.71. The molecule has 0 saturated carbocycles. The van der Waals surface area contributed by atoms with Crippen molar-refractivity contribution in [2.24, 2.45) is 0 Å². The lowest BCUT2D eigenvalue weighted by Crippen LogP contribution is -2.35. The predicted molar refractivity (Wildman–Crippen MR) is 93.9 cm³/mol. The fraction of sp³-hybridized carbons (Fsp3) is 0.316. The summed E-state index contributed by atoms with van der Waals surface area (Å²) < 4.78 is 11.2. The first kappa shape index (κ1) is 16.7. The monoisotopic (exact) mass is 345 g/mol. The summed E-state index contributed by atoms with van der Waals surface area (Å²) >= 11 is 5.99. The molecule has 1 unspecified atom stereocenters. The molecule has 1 heterocycles. The standard InChI is InChI=1S/C19H20ClNO3/c1-12-3-6-18-15(9-12)17(7-8-23-18)21-19(22)11-24-14-4-5-16(20)13(2)10-14/h3-6,9-10,17H,7-8,11H2,1-2H3,(H,21,22). The van der Waals surface area contributed by atoms with Gasteiger partial charge in [0.1, 0.15) is 11.5 Å². The van der Waals surface area contributed by atoms with Crippen LogP contribution in [0.3, 0.4) is 0 Å². The van der Waals surface area contributed by atoms with E-state index in [1.54, 1.807) is 12.1 Å². The van der Waals surface area contributed by atoms with Gasteiger partial charge in [0, 0.05) is 17.0 Å². The first-order valence-electron chi connectivity index (χ1n) is 7.94. The average Bonchev–Trinajstić information content (AvgIpc) is 2.56. The Bertz CT molecular complexity index is 760. The minimum atomic E-state index is -0.151. The number of carbonyl (C=O) groups excluding carboxylic acids is 1. The van der Waals surface area contributed by atoms with Gasteiger partial charge in [0.15, 0.2) is 6.61 Å². The van der Waals surface area contributed by atoms with Gasteiger partial charge in [0.05, 0.1) is 12.6 Å². The lowest BCUT2D eigenvalue weighted by Gasteiger charge is -2.27. The highest BCUT2D eigenvalue weighted by Gasteiger charge is 2.23. The topological polar surface area (TPSA) is 47.6 Å². The number of aryl methyl sites for hydroxylation is 2. The molecule has 0 saturated heterocycles. The molecule has 24 heavy (non-hydrogen) atoms. The van der Waals surface area contributed by atoms with E-state index in [1.807, 2.05) is 32.0 Å². The van der Waals surface area contributed by atoms with E-state index in [2.05, 4.69) is 11.4 Å². The smallest absolute Gasteiger partial charge is 0.258 e. The second-order valence-electron chi connectivity index (χ2n) is 6.00. The van der Waals surface area contributed by atoms with Crippen molar-refractivity contribution in [3.8, 4) is 11.5 Å². The maximum atomic E-state index is 12.2. The van der Waals surface area contributed by atoms with Crippen LogP contribution in [0.1, 0.15) is 29.2 Å². The van der Waals surface area contributed by atoms with Gasteiger partial charge < -0.3 is 14.8 Å². The lowest BCUT2D eigenvalue weighted by atomic mass is 9.98. The third-order valence-electron chi connectivity index (χ3n) is 4.04. The minimum Gasteiger partial charge on any atom is -0.493 e. The van der Waals surface area contributed by atoms with Gasteiger partial charge in [-0.15, -0.1) is 0 Å². The number of benzene rings is 2. The van der Waals surface area contributed by atoms with Crippen molar-refractivity contribution in [3.05, 3.63) is 58.1 Å². The first-order valence-corrected chi connectivity index (χ1v) is 8.32. The van der Waals surface area contributed by atoms with Gasteiger partial charge in [-0.3, -0.25) is 4.79 Å². The fourth-order valence-corrected chi connectivity index (χ4v) is 2.87. The van der Waals surface area contributed by atoms with Gasteiger partial charge in [0.2, 0.25) is 0 Å². The Kier molecular flexibility index (Phi) is 4.95. The van der Waals surface area contributed by atoms with Crippen molar-refractivity contribution >= 4 is 17.5 Å². The maximum Gasteiger partial charge on any atom is 0.258 e. The Morgan fingerprint density at radius 2 is 2.12 bits per heavy atom. The van der Waals surface area contributed by atoms with Crippen LogP contribution in [0.4, 0.5) is 0 Å². The average molecular weight is 346 g/mol. The molecule has 2 aromatic carbocycles. The van der Waals surface area contributed by atoms with E-state index in [0.29, 0.717) is 17.4 Å². The quantitative estimate of drug-likeness (QED) is 0.911. The SMILES string of the molecule is Cc1ccc2c(c1)C(NC(=O)COc1ccc(Cl)c(C)c1)CCO2. The van der Waals surface area contributed by atoms with Crippen molar-refractivity contribution in [2.75, 3.05) is 13.2 Å². The number of halogens is 1. The number of hydrogen-bond acceptors (Lipinski definition) is 3. The minimum absolute atomic E-state index is 0.0282. The zero-order valence-electron chi connectivity index (χ0n) is 13.8. The van der Waals surface area contributed by atoms with E-state index in [0.717, 1.165) is 28.9 Å². The Balaban J connectivity index is 1.61. The van der Waals surface area contributed by atoms with E-state index < -0.39 is 0 Å². The molecule has 3 rings (SSSR count). The normalized spacial score (nSPS) is 16.0. The number of hydrogen-bond donors (Lipinski definition) is 1. The molecule has 0 aromatic heterocycles. The molecule has 5 heteroatoms. The Labute approximate surface area is 146 Å². The predicted octanol–water partition coefficient (Wildman–Crippen LogP) is 3.98. The molecule has 1 N–H and O–H groups in total. The third-order valence-corrected chi connectivity index (χ3v) is 4.46. The summed E-state index contributed by atoms with van der Waals surface area (Å²) in [6.07, 6.45) is 0.752. The Morgan fingerprint density at radius 1 is 1.29 bits per heavy atom. The molecule has 1 amide bonds.